The molecular weight excluding hydrogens is 480 g/mol. The second-order valence-corrected chi connectivity index (χ2v) is 11.7. The van der Waals surface area contributed by atoms with Gasteiger partial charge in [-0.2, -0.15) is 0 Å². The molecule has 1 aliphatic carbocycles. The van der Waals surface area contributed by atoms with Gasteiger partial charge in [0.15, 0.2) is 11.6 Å². The van der Waals surface area contributed by atoms with Gasteiger partial charge in [0.25, 0.3) is 0 Å². The van der Waals surface area contributed by atoms with E-state index in [4.69, 9.17) is 4.74 Å². The zero-order valence-corrected chi connectivity index (χ0v) is 24.3. The van der Waals surface area contributed by atoms with Crippen molar-refractivity contribution in [3.8, 4) is 0 Å². The molecule has 0 aromatic carbocycles. The average Bonchev–Trinajstić information content (AvgIpc) is 2.80. The van der Waals surface area contributed by atoms with Crippen LogP contribution >= 0.6 is 0 Å². The number of ketones is 2. The number of allylic oxidation sites excluding steroid dienone is 7. The van der Waals surface area contributed by atoms with Crippen LogP contribution in [-0.2, 0) is 19.1 Å². The zero-order chi connectivity index (χ0) is 28.9. The number of carboxylic acid groups (broad SMARTS) is 1. The molecule has 6 nitrogen and oxygen atoms in total. The maximum atomic E-state index is 14.7. The standard InChI is InChI=1S/C32H46O6/c1-10-11-23(16-25(33)34)26-29(36)27-28(35)21(8)22(9)38-31(27)32(30(26)37,15-14-19(4)5)17-24(20(6)7)13-12-18(2)3/h14,21-24,36H,2,6,10-13,15-17H2,1,3-5,7-9H3,(H,33,34)/t21-,22+,23-,24+,32-/m0/s1. The van der Waals surface area contributed by atoms with E-state index in [1.165, 1.54) is 0 Å². The number of aliphatic carboxylic acids is 1. The molecule has 210 valence electrons. The number of hydrogen-bond acceptors (Lipinski definition) is 5. The van der Waals surface area contributed by atoms with Gasteiger partial charge in [-0.3, -0.25) is 14.4 Å². The fourth-order valence-electron chi connectivity index (χ4n) is 5.56. The Balaban J connectivity index is 2.92. The molecule has 1 heterocycles. The number of carbonyl (C=O) groups excluding carboxylic acids is 2. The molecule has 0 saturated heterocycles. The van der Waals surface area contributed by atoms with Crippen molar-refractivity contribution in [1.29, 1.82) is 0 Å². The molecule has 2 rings (SSSR count). The summed E-state index contributed by atoms with van der Waals surface area (Å²) in [5.41, 5.74) is 1.78. The first kappa shape index (κ1) is 31.3. The highest BCUT2D eigenvalue weighted by Gasteiger charge is 2.56. The molecule has 0 aromatic heterocycles. The Morgan fingerprint density at radius 1 is 1.13 bits per heavy atom. The van der Waals surface area contributed by atoms with E-state index >= 15 is 0 Å². The van der Waals surface area contributed by atoms with Crippen LogP contribution in [0.1, 0.15) is 93.4 Å². The maximum Gasteiger partial charge on any atom is 0.303 e. The van der Waals surface area contributed by atoms with Crippen molar-refractivity contribution in [2.75, 3.05) is 0 Å². The lowest BCUT2D eigenvalue weighted by Gasteiger charge is -2.45. The smallest absolute Gasteiger partial charge is 0.303 e. The summed E-state index contributed by atoms with van der Waals surface area (Å²) in [7, 11) is 0. The number of ether oxygens (including phenoxy) is 1. The largest absolute Gasteiger partial charge is 0.507 e. The molecule has 0 radical (unpaired) electrons. The van der Waals surface area contributed by atoms with E-state index in [-0.39, 0.29) is 47.2 Å². The Morgan fingerprint density at radius 3 is 2.26 bits per heavy atom. The molecule has 2 aliphatic rings. The summed E-state index contributed by atoms with van der Waals surface area (Å²) in [5, 5.41) is 21.2. The summed E-state index contributed by atoms with van der Waals surface area (Å²) in [6, 6.07) is 0. The molecule has 2 N–H and O–H groups in total. The molecule has 0 aromatic rings. The maximum absolute atomic E-state index is 14.7. The quantitative estimate of drug-likeness (QED) is 0.242. The van der Waals surface area contributed by atoms with Crippen LogP contribution in [0.4, 0.5) is 0 Å². The molecule has 0 spiro atoms. The van der Waals surface area contributed by atoms with Gasteiger partial charge in [0.05, 0.1) is 23.3 Å². The Labute approximate surface area is 228 Å². The molecule has 38 heavy (non-hydrogen) atoms. The lowest BCUT2D eigenvalue weighted by Crippen LogP contribution is -2.48. The van der Waals surface area contributed by atoms with Gasteiger partial charge >= 0.3 is 5.97 Å². The molecule has 6 heteroatoms. The van der Waals surface area contributed by atoms with Gasteiger partial charge in [0.2, 0.25) is 0 Å². The van der Waals surface area contributed by atoms with Crippen LogP contribution in [0, 0.1) is 23.2 Å². The predicted octanol–water partition coefficient (Wildman–Crippen LogP) is 7.43. The van der Waals surface area contributed by atoms with Crippen molar-refractivity contribution in [2.24, 2.45) is 23.2 Å². The van der Waals surface area contributed by atoms with Crippen LogP contribution in [0.3, 0.4) is 0 Å². The Morgan fingerprint density at radius 2 is 1.76 bits per heavy atom. The van der Waals surface area contributed by atoms with Crippen LogP contribution in [-0.4, -0.2) is 33.9 Å². The van der Waals surface area contributed by atoms with Crippen molar-refractivity contribution in [3.05, 3.63) is 58.6 Å². The van der Waals surface area contributed by atoms with Crippen molar-refractivity contribution < 1.29 is 29.3 Å². The van der Waals surface area contributed by atoms with Gasteiger partial charge < -0.3 is 14.9 Å². The highest BCUT2D eigenvalue weighted by atomic mass is 16.5. The number of aliphatic hydroxyl groups is 1. The monoisotopic (exact) mass is 526 g/mol. The molecule has 0 amide bonds. The van der Waals surface area contributed by atoms with Gasteiger partial charge in [-0.05, 0) is 72.6 Å². The second-order valence-electron chi connectivity index (χ2n) is 11.7. The Hall–Kier alpha value is -2.89. The van der Waals surface area contributed by atoms with Crippen LogP contribution in [0.25, 0.3) is 0 Å². The minimum Gasteiger partial charge on any atom is -0.507 e. The average molecular weight is 527 g/mol. The molecule has 1 aliphatic heterocycles. The second kappa shape index (κ2) is 12.8. The summed E-state index contributed by atoms with van der Waals surface area (Å²) in [6.45, 7) is 21.5. The van der Waals surface area contributed by atoms with E-state index in [2.05, 4.69) is 13.2 Å². The molecule has 0 unspecified atom stereocenters. The van der Waals surface area contributed by atoms with Gasteiger partial charge in [-0.25, -0.2) is 0 Å². The summed E-state index contributed by atoms with van der Waals surface area (Å²) < 4.78 is 6.39. The van der Waals surface area contributed by atoms with E-state index in [0.717, 1.165) is 29.6 Å². The summed E-state index contributed by atoms with van der Waals surface area (Å²) in [4.78, 5) is 40.2. The summed E-state index contributed by atoms with van der Waals surface area (Å²) in [5.74, 6) is -3.17. The first-order chi connectivity index (χ1) is 17.7. The SMILES string of the molecule is C=C(C)CC[C@H](C[C@@]1(CC=C(C)C)C(=O)C([C@@H](CCC)CC(=O)O)=C(O)C2=C1O[C@H](C)[C@H](C)C2=O)C(=C)C. The van der Waals surface area contributed by atoms with E-state index in [9.17, 15) is 24.6 Å². The van der Waals surface area contributed by atoms with Crippen molar-refractivity contribution in [2.45, 2.75) is 99.5 Å². The minimum absolute atomic E-state index is 0.0409. The Bertz CT molecular complexity index is 1080. The van der Waals surface area contributed by atoms with Crippen LogP contribution < -0.4 is 0 Å². The fraction of sp³-hybridized carbons (Fsp3) is 0.594. The third-order valence-electron chi connectivity index (χ3n) is 8.04. The first-order valence-corrected chi connectivity index (χ1v) is 13.8. The van der Waals surface area contributed by atoms with E-state index in [1.54, 1.807) is 13.8 Å². The molecule has 5 atom stereocenters. The topological polar surface area (TPSA) is 101 Å². The van der Waals surface area contributed by atoms with Crippen LogP contribution in [0.5, 0.6) is 0 Å². The molecule has 0 bridgehead atoms. The van der Waals surface area contributed by atoms with Crippen LogP contribution in [0.2, 0.25) is 0 Å². The van der Waals surface area contributed by atoms with Gasteiger partial charge in [-0.15, -0.1) is 6.58 Å². The van der Waals surface area contributed by atoms with Gasteiger partial charge in [0, 0.05) is 11.5 Å². The molecular formula is C32H46O6. The predicted molar refractivity (Wildman–Crippen MR) is 151 cm³/mol. The number of carbonyl (C=O) groups is 3. The van der Waals surface area contributed by atoms with Crippen molar-refractivity contribution in [3.63, 3.8) is 0 Å². The van der Waals surface area contributed by atoms with Gasteiger partial charge in [0.1, 0.15) is 17.6 Å². The van der Waals surface area contributed by atoms with Gasteiger partial charge in [-0.1, -0.05) is 49.6 Å². The van der Waals surface area contributed by atoms with Crippen molar-refractivity contribution >= 4 is 17.5 Å². The zero-order valence-electron chi connectivity index (χ0n) is 24.3. The molecule has 0 fully saturated rings. The number of hydrogen-bond donors (Lipinski definition) is 2. The van der Waals surface area contributed by atoms with Crippen LogP contribution in [0.15, 0.2) is 58.6 Å². The molecule has 0 saturated carbocycles. The third kappa shape index (κ3) is 6.57. The lowest BCUT2D eigenvalue weighted by molar-refractivity contribution is -0.138. The van der Waals surface area contributed by atoms with Crippen molar-refractivity contribution in [1.82, 2.24) is 0 Å². The third-order valence-corrected chi connectivity index (χ3v) is 8.04. The van der Waals surface area contributed by atoms with E-state index in [1.807, 2.05) is 40.7 Å². The lowest BCUT2D eigenvalue weighted by atomic mass is 9.61. The minimum atomic E-state index is -1.26. The normalized spacial score (nSPS) is 24.9. The summed E-state index contributed by atoms with van der Waals surface area (Å²) >= 11 is 0. The number of Topliss-reactive ketones (excluding diaryl/α,β-unsaturated/α-hetero) is 2. The highest BCUT2D eigenvalue weighted by Crippen LogP contribution is 2.54. The highest BCUT2D eigenvalue weighted by molar-refractivity contribution is 6.12. The number of rotatable bonds is 13. The summed E-state index contributed by atoms with van der Waals surface area (Å²) in [6.07, 6.45) is 4.33. The number of aliphatic hydroxyl groups excluding tert-OH is 1. The fourth-order valence-corrected chi connectivity index (χ4v) is 5.56. The Kier molecular flexibility index (Phi) is 10.5. The van der Waals surface area contributed by atoms with E-state index in [0.29, 0.717) is 19.3 Å². The van der Waals surface area contributed by atoms with E-state index < -0.39 is 35.1 Å². The first-order valence-electron chi connectivity index (χ1n) is 13.8. The number of carboxylic acids is 1.